The monoisotopic (exact) mass is 317 g/mol. The number of ether oxygens (including phenoxy) is 1. The van der Waals surface area contributed by atoms with Crippen LogP contribution in [0.2, 0.25) is 0 Å². The minimum absolute atomic E-state index is 0.836. The maximum atomic E-state index is 5.25. The number of aryl methyl sites for hydroxylation is 1. The fraction of sp³-hybridized carbons (Fsp3) is 0.133. The van der Waals surface area contributed by atoms with Crippen LogP contribution in [0.3, 0.4) is 0 Å². The van der Waals surface area contributed by atoms with E-state index >= 15 is 0 Å². The van der Waals surface area contributed by atoms with E-state index in [1.807, 2.05) is 12.1 Å². The van der Waals surface area contributed by atoms with Crippen LogP contribution in [-0.2, 0) is 0 Å². The lowest BCUT2D eigenvalue weighted by molar-refractivity contribution is -0.509. The van der Waals surface area contributed by atoms with E-state index in [-0.39, 0.29) is 0 Å². The highest BCUT2D eigenvalue weighted by Crippen LogP contribution is 2.29. The summed E-state index contributed by atoms with van der Waals surface area (Å²) in [6.07, 6.45) is 4.15. The number of methoxy groups -OCH3 is 1. The maximum absolute atomic E-state index is 5.25. The summed E-state index contributed by atoms with van der Waals surface area (Å²) in [5, 5.41) is 0. The maximum Gasteiger partial charge on any atom is 0.284 e. The molecule has 0 bridgehead atoms. The zero-order chi connectivity index (χ0) is 13.4. The number of H-pyrrole nitrogens is 1. The Morgan fingerprint density at radius 1 is 1.21 bits per heavy atom. The molecule has 3 nitrogen and oxygen atoms in total. The summed E-state index contributed by atoms with van der Waals surface area (Å²) >= 11 is 3.51. The second-order valence-electron chi connectivity index (χ2n) is 4.51. The fourth-order valence-corrected chi connectivity index (χ4v) is 2.66. The Labute approximate surface area is 120 Å². The molecule has 19 heavy (non-hydrogen) atoms. The van der Waals surface area contributed by atoms with Crippen LogP contribution in [-0.4, -0.2) is 12.1 Å². The van der Waals surface area contributed by atoms with Gasteiger partial charge in [-0.05, 0) is 52.7 Å². The molecule has 0 spiro atoms. The Hall–Kier alpha value is -1.81. The van der Waals surface area contributed by atoms with Gasteiger partial charge in [-0.25, -0.2) is 9.38 Å². The molecule has 3 aromatic rings. The molecule has 0 atom stereocenters. The van der Waals surface area contributed by atoms with Crippen molar-refractivity contribution in [1.29, 1.82) is 0 Å². The Bertz CT molecular complexity index is 749. The van der Waals surface area contributed by atoms with Gasteiger partial charge in [-0.2, -0.15) is 0 Å². The van der Waals surface area contributed by atoms with Gasteiger partial charge in [-0.1, -0.05) is 0 Å². The average Bonchev–Trinajstić information content (AvgIpc) is 2.81. The lowest BCUT2D eigenvalue weighted by Crippen LogP contribution is -2.16. The number of pyridine rings is 1. The third kappa shape index (κ3) is 2.24. The molecular weight excluding hydrogens is 304 g/mol. The van der Waals surface area contributed by atoms with Gasteiger partial charge < -0.3 is 4.74 Å². The molecule has 0 aliphatic carbocycles. The number of imidazole rings is 1. The van der Waals surface area contributed by atoms with Crippen LogP contribution < -0.4 is 9.14 Å². The van der Waals surface area contributed by atoms with Gasteiger partial charge in [0.1, 0.15) is 11.9 Å². The normalized spacial score (nSPS) is 10.9. The van der Waals surface area contributed by atoms with Crippen molar-refractivity contribution in [2.75, 3.05) is 7.11 Å². The van der Waals surface area contributed by atoms with Crippen LogP contribution in [0.25, 0.3) is 16.9 Å². The zero-order valence-electron chi connectivity index (χ0n) is 10.8. The fourth-order valence-electron chi connectivity index (χ4n) is 2.12. The van der Waals surface area contributed by atoms with Crippen LogP contribution in [0.15, 0.2) is 47.2 Å². The average molecular weight is 318 g/mol. The topological polar surface area (TPSA) is 29.1 Å². The minimum atomic E-state index is 0.836. The molecule has 2 aromatic heterocycles. The summed E-state index contributed by atoms with van der Waals surface area (Å²) in [4.78, 5) is 3.42. The first kappa shape index (κ1) is 12.2. The Morgan fingerprint density at radius 3 is 2.79 bits per heavy atom. The first-order valence-corrected chi connectivity index (χ1v) is 6.81. The summed E-state index contributed by atoms with van der Waals surface area (Å²) in [6.45, 7) is 2.09. The predicted octanol–water partition coefficient (Wildman–Crippen LogP) is 3.50. The van der Waals surface area contributed by atoms with Crippen molar-refractivity contribution in [3.63, 3.8) is 0 Å². The molecule has 0 aliphatic rings. The van der Waals surface area contributed by atoms with Gasteiger partial charge in [-0.3, -0.25) is 0 Å². The minimum Gasteiger partial charge on any atom is -0.496 e. The molecule has 0 unspecified atom stereocenters. The van der Waals surface area contributed by atoms with Gasteiger partial charge in [0.2, 0.25) is 0 Å². The van der Waals surface area contributed by atoms with E-state index in [9.17, 15) is 0 Å². The van der Waals surface area contributed by atoms with Crippen molar-refractivity contribution < 1.29 is 9.14 Å². The van der Waals surface area contributed by atoms with E-state index in [1.54, 1.807) is 7.11 Å². The van der Waals surface area contributed by atoms with Crippen LogP contribution in [0.4, 0.5) is 0 Å². The number of halogens is 1. The number of fused-ring (bicyclic) bond motifs is 1. The van der Waals surface area contributed by atoms with Crippen LogP contribution >= 0.6 is 15.9 Å². The van der Waals surface area contributed by atoms with Gasteiger partial charge in [0.15, 0.2) is 5.69 Å². The van der Waals surface area contributed by atoms with Gasteiger partial charge in [0.05, 0.1) is 17.8 Å². The number of hydrogen-bond donors (Lipinski definition) is 1. The largest absolute Gasteiger partial charge is 0.496 e. The molecule has 96 valence electrons. The molecule has 1 aromatic carbocycles. The van der Waals surface area contributed by atoms with Crippen LogP contribution in [0.5, 0.6) is 5.75 Å². The van der Waals surface area contributed by atoms with Gasteiger partial charge in [0.25, 0.3) is 5.65 Å². The lowest BCUT2D eigenvalue weighted by Gasteiger charge is -2.03. The standard InChI is InChI=1S/C15H13BrN2O/c1-10-5-6-18-9-13(17-15(18)7-10)11-3-4-14(19-2)12(16)8-11/h3-9H,1-2H3/p+1. The SMILES string of the molecule is COc1ccc(-c2c[n+]3ccc(C)cc3[nH]2)cc1Br. The molecule has 3 rings (SSSR count). The Morgan fingerprint density at radius 2 is 2.05 bits per heavy atom. The van der Waals surface area contributed by atoms with Crippen molar-refractivity contribution in [1.82, 2.24) is 4.98 Å². The smallest absolute Gasteiger partial charge is 0.284 e. The lowest BCUT2D eigenvalue weighted by atomic mass is 10.2. The van der Waals surface area contributed by atoms with Crippen molar-refractivity contribution in [3.8, 4) is 17.0 Å². The Kier molecular flexibility index (Phi) is 3.03. The van der Waals surface area contributed by atoms with Crippen molar-refractivity contribution in [2.45, 2.75) is 6.92 Å². The number of aromatic nitrogens is 2. The summed E-state index contributed by atoms with van der Waals surface area (Å²) in [5.41, 5.74) is 4.52. The Balaban J connectivity index is 2.11. The van der Waals surface area contributed by atoms with E-state index in [0.29, 0.717) is 0 Å². The van der Waals surface area contributed by atoms with Crippen LogP contribution in [0, 0.1) is 6.92 Å². The quantitative estimate of drug-likeness (QED) is 0.720. The molecule has 0 saturated carbocycles. The summed E-state index contributed by atoms with van der Waals surface area (Å²) < 4.78 is 8.28. The van der Waals surface area contributed by atoms with E-state index < -0.39 is 0 Å². The highest BCUT2D eigenvalue weighted by molar-refractivity contribution is 9.10. The number of hydrogen-bond acceptors (Lipinski definition) is 1. The summed E-state index contributed by atoms with van der Waals surface area (Å²) in [6, 6.07) is 10.3. The molecule has 0 amide bonds. The van der Waals surface area contributed by atoms with Crippen molar-refractivity contribution in [2.24, 2.45) is 0 Å². The highest BCUT2D eigenvalue weighted by atomic mass is 79.9. The molecular formula is C15H14BrN2O+. The summed E-state index contributed by atoms with van der Waals surface area (Å²) in [7, 11) is 1.67. The predicted molar refractivity (Wildman–Crippen MR) is 78.4 cm³/mol. The molecule has 0 saturated heterocycles. The zero-order valence-corrected chi connectivity index (χ0v) is 12.4. The number of benzene rings is 1. The van der Waals surface area contributed by atoms with Gasteiger partial charge >= 0.3 is 0 Å². The van der Waals surface area contributed by atoms with Gasteiger partial charge in [0, 0.05) is 11.6 Å². The molecule has 1 N–H and O–H groups in total. The molecule has 4 heteroatoms. The summed E-state index contributed by atoms with van der Waals surface area (Å²) in [5.74, 6) is 0.836. The van der Waals surface area contributed by atoms with E-state index in [0.717, 1.165) is 27.1 Å². The van der Waals surface area contributed by atoms with E-state index in [2.05, 4.69) is 62.8 Å². The first-order valence-electron chi connectivity index (χ1n) is 6.02. The van der Waals surface area contributed by atoms with E-state index in [1.165, 1.54) is 5.56 Å². The number of rotatable bonds is 2. The van der Waals surface area contributed by atoms with Crippen molar-refractivity contribution in [3.05, 3.63) is 52.8 Å². The van der Waals surface area contributed by atoms with E-state index in [4.69, 9.17) is 4.74 Å². The second-order valence-corrected chi connectivity index (χ2v) is 5.37. The number of aromatic amines is 1. The third-order valence-electron chi connectivity index (χ3n) is 3.13. The number of nitrogens with zero attached hydrogens (tertiary/aromatic N) is 1. The molecule has 0 fully saturated rings. The first-order chi connectivity index (χ1) is 9.17. The third-order valence-corrected chi connectivity index (χ3v) is 3.75. The van der Waals surface area contributed by atoms with Gasteiger partial charge in [-0.15, -0.1) is 0 Å². The molecule has 0 aliphatic heterocycles. The number of nitrogens with one attached hydrogen (secondary N) is 1. The highest BCUT2D eigenvalue weighted by Gasteiger charge is 2.12. The van der Waals surface area contributed by atoms with Crippen molar-refractivity contribution >= 4 is 21.6 Å². The van der Waals surface area contributed by atoms with Crippen LogP contribution in [0.1, 0.15) is 5.56 Å². The second kappa shape index (κ2) is 4.70. The molecule has 0 radical (unpaired) electrons. The molecule has 2 heterocycles.